The highest BCUT2D eigenvalue weighted by Crippen LogP contribution is 2.19. The maximum Gasteiger partial charge on any atom is 0.228 e. The topological polar surface area (TPSA) is 92.3 Å². The number of sulfone groups is 1. The van der Waals surface area contributed by atoms with Crippen LogP contribution in [0.15, 0.2) is 67.0 Å². The maximum absolute atomic E-state index is 12.4. The van der Waals surface area contributed by atoms with Crippen molar-refractivity contribution < 1.29 is 13.2 Å². The van der Waals surface area contributed by atoms with Crippen LogP contribution in [-0.2, 0) is 21.1 Å². The Morgan fingerprint density at radius 1 is 0.933 bits per heavy atom. The van der Waals surface area contributed by atoms with E-state index < -0.39 is 9.84 Å². The Hall–Kier alpha value is -3.26. The Morgan fingerprint density at radius 2 is 1.70 bits per heavy atom. The molecule has 1 aromatic carbocycles. The van der Waals surface area contributed by atoms with Gasteiger partial charge in [0.1, 0.15) is 5.82 Å². The molecule has 1 saturated heterocycles. The van der Waals surface area contributed by atoms with Crippen LogP contribution in [0.4, 0.5) is 11.5 Å². The Balaban J connectivity index is 1.33. The minimum absolute atomic E-state index is 0.149. The Bertz CT molecular complexity index is 1100. The van der Waals surface area contributed by atoms with Gasteiger partial charge in [-0.25, -0.2) is 13.4 Å². The standard InChI is InChI=1S/C22H22N4O3S/c27-22(25-19-7-8-20(23-16-19)18-4-2-1-3-5-18)14-17-6-9-21(24-15-17)26-10-12-30(28,29)13-11-26/h1-9,15-16H,10-14H2,(H,25,27). The van der Waals surface area contributed by atoms with Gasteiger partial charge in [-0.3, -0.25) is 9.78 Å². The fourth-order valence-corrected chi connectivity index (χ4v) is 4.49. The summed E-state index contributed by atoms with van der Waals surface area (Å²) in [6.45, 7) is 0.891. The van der Waals surface area contributed by atoms with Gasteiger partial charge in [0.15, 0.2) is 9.84 Å². The Morgan fingerprint density at radius 3 is 2.33 bits per heavy atom. The summed E-state index contributed by atoms with van der Waals surface area (Å²) in [7, 11) is -2.92. The van der Waals surface area contributed by atoms with Gasteiger partial charge in [0.05, 0.1) is 35.5 Å². The molecule has 0 atom stereocenters. The van der Waals surface area contributed by atoms with Gasteiger partial charge >= 0.3 is 0 Å². The van der Waals surface area contributed by atoms with Crippen LogP contribution >= 0.6 is 0 Å². The summed E-state index contributed by atoms with van der Waals surface area (Å²) >= 11 is 0. The first-order valence-corrected chi connectivity index (χ1v) is 11.5. The summed E-state index contributed by atoms with van der Waals surface area (Å²) in [4.78, 5) is 23.1. The molecule has 30 heavy (non-hydrogen) atoms. The predicted molar refractivity (Wildman–Crippen MR) is 117 cm³/mol. The van der Waals surface area contributed by atoms with E-state index in [-0.39, 0.29) is 23.8 Å². The number of nitrogens with one attached hydrogen (secondary N) is 1. The van der Waals surface area contributed by atoms with E-state index in [9.17, 15) is 13.2 Å². The third kappa shape index (κ3) is 5.01. The number of carbonyl (C=O) groups excluding carboxylic acids is 1. The van der Waals surface area contributed by atoms with Crippen molar-refractivity contribution in [3.8, 4) is 11.3 Å². The lowest BCUT2D eigenvalue weighted by atomic mass is 10.1. The summed E-state index contributed by atoms with van der Waals surface area (Å²) in [6, 6.07) is 17.2. The second-order valence-corrected chi connectivity index (χ2v) is 9.49. The van der Waals surface area contributed by atoms with Crippen molar-refractivity contribution in [2.45, 2.75) is 6.42 Å². The smallest absolute Gasteiger partial charge is 0.228 e. The number of hydrogen-bond acceptors (Lipinski definition) is 6. The third-order valence-electron chi connectivity index (χ3n) is 4.96. The minimum atomic E-state index is -2.92. The monoisotopic (exact) mass is 422 g/mol. The first kappa shape index (κ1) is 20.0. The van der Waals surface area contributed by atoms with Crippen LogP contribution in [-0.4, -0.2) is 48.9 Å². The summed E-state index contributed by atoms with van der Waals surface area (Å²) in [5, 5.41) is 2.85. The van der Waals surface area contributed by atoms with Crippen molar-refractivity contribution in [1.29, 1.82) is 0 Å². The Kier molecular flexibility index (Phi) is 5.76. The molecule has 4 rings (SSSR count). The molecule has 0 saturated carbocycles. The van der Waals surface area contributed by atoms with Crippen molar-refractivity contribution in [3.05, 3.63) is 72.6 Å². The molecule has 1 amide bonds. The van der Waals surface area contributed by atoms with Crippen LogP contribution in [0, 0.1) is 0 Å². The minimum Gasteiger partial charge on any atom is -0.355 e. The molecule has 0 aliphatic carbocycles. The van der Waals surface area contributed by atoms with Crippen LogP contribution in [0.1, 0.15) is 5.56 Å². The first-order chi connectivity index (χ1) is 14.5. The van der Waals surface area contributed by atoms with Gasteiger partial charge in [0, 0.05) is 24.8 Å². The van der Waals surface area contributed by atoms with E-state index in [4.69, 9.17) is 0 Å². The van der Waals surface area contributed by atoms with E-state index >= 15 is 0 Å². The van der Waals surface area contributed by atoms with E-state index in [0.717, 1.165) is 22.6 Å². The number of nitrogens with zero attached hydrogens (tertiary/aromatic N) is 3. The van der Waals surface area contributed by atoms with Crippen molar-refractivity contribution in [2.75, 3.05) is 34.8 Å². The van der Waals surface area contributed by atoms with Crippen molar-refractivity contribution >= 4 is 27.2 Å². The molecule has 154 valence electrons. The van der Waals surface area contributed by atoms with Gasteiger partial charge in [-0.05, 0) is 23.8 Å². The third-order valence-corrected chi connectivity index (χ3v) is 6.57. The van der Waals surface area contributed by atoms with Crippen molar-refractivity contribution in [2.24, 2.45) is 0 Å². The van der Waals surface area contributed by atoms with E-state index in [1.807, 2.05) is 59.5 Å². The quantitative estimate of drug-likeness (QED) is 0.679. The SMILES string of the molecule is O=C(Cc1ccc(N2CCS(=O)(=O)CC2)nc1)Nc1ccc(-c2ccccc2)nc1. The summed E-state index contributed by atoms with van der Waals surface area (Å²) < 4.78 is 23.1. The number of pyridine rings is 2. The molecule has 1 aliphatic rings. The summed E-state index contributed by atoms with van der Waals surface area (Å²) in [6.07, 6.45) is 3.50. The highest BCUT2D eigenvalue weighted by Gasteiger charge is 2.22. The molecule has 7 nitrogen and oxygen atoms in total. The zero-order valence-electron chi connectivity index (χ0n) is 16.4. The number of aromatic nitrogens is 2. The fraction of sp³-hybridized carbons (Fsp3) is 0.227. The van der Waals surface area contributed by atoms with Crippen molar-refractivity contribution in [1.82, 2.24) is 9.97 Å². The zero-order valence-corrected chi connectivity index (χ0v) is 17.2. The number of anilines is 2. The van der Waals surface area contributed by atoms with Crippen LogP contribution in [0.2, 0.25) is 0 Å². The molecule has 1 aliphatic heterocycles. The summed E-state index contributed by atoms with van der Waals surface area (Å²) in [5.74, 6) is 0.879. The Labute approximate surface area is 175 Å². The van der Waals surface area contributed by atoms with Gasteiger partial charge in [-0.2, -0.15) is 0 Å². The number of benzene rings is 1. The lowest BCUT2D eigenvalue weighted by molar-refractivity contribution is -0.115. The highest BCUT2D eigenvalue weighted by molar-refractivity contribution is 7.91. The molecule has 0 spiro atoms. The summed E-state index contributed by atoms with van der Waals surface area (Å²) in [5.41, 5.74) is 3.29. The second kappa shape index (κ2) is 8.62. The normalized spacial score (nSPS) is 15.5. The van der Waals surface area contributed by atoms with Gasteiger partial charge in [-0.15, -0.1) is 0 Å². The molecule has 8 heteroatoms. The van der Waals surface area contributed by atoms with E-state index in [1.165, 1.54) is 0 Å². The number of carbonyl (C=O) groups is 1. The average Bonchev–Trinajstić information content (AvgIpc) is 2.75. The van der Waals surface area contributed by atoms with Gasteiger partial charge in [0.25, 0.3) is 0 Å². The van der Waals surface area contributed by atoms with Gasteiger partial charge in [0.2, 0.25) is 5.91 Å². The van der Waals surface area contributed by atoms with Crippen molar-refractivity contribution in [3.63, 3.8) is 0 Å². The molecule has 1 fully saturated rings. The van der Waals surface area contributed by atoms with Crippen LogP contribution < -0.4 is 10.2 Å². The van der Waals surface area contributed by atoms with Gasteiger partial charge < -0.3 is 10.2 Å². The predicted octanol–water partition coefficient (Wildman–Crippen LogP) is 2.56. The van der Waals surface area contributed by atoms with E-state index in [0.29, 0.717) is 18.8 Å². The van der Waals surface area contributed by atoms with Crippen LogP contribution in [0.25, 0.3) is 11.3 Å². The molecule has 0 bridgehead atoms. The zero-order chi connectivity index (χ0) is 21.0. The number of hydrogen-bond donors (Lipinski definition) is 1. The lowest BCUT2D eigenvalue weighted by Gasteiger charge is -2.27. The van der Waals surface area contributed by atoms with E-state index in [1.54, 1.807) is 12.4 Å². The van der Waals surface area contributed by atoms with E-state index in [2.05, 4.69) is 15.3 Å². The fourth-order valence-electron chi connectivity index (χ4n) is 3.29. The largest absolute Gasteiger partial charge is 0.355 e. The lowest BCUT2D eigenvalue weighted by Crippen LogP contribution is -2.40. The van der Waals surface area contributed by atoms with Crippen LogP contribution in [0.3, 0.4) is 0 Å². The molecular formula is C22H22N4O3S. The number of amides is 1. The highest BCUT2D eigenvalue weighted by atomic mass is 32.2. The average molecular weight is 423 g/mol. The van der Waals surface area contributed by atoms with Gasteiger partial charge in [-0.1, -0.05) is 36.4 Å². The molecule has 3 heterocycles. The maximum atomic E-state index is 12.4. The second-order valence-electron chi connectivity index (χ2n) is 7.19. The number of rotatable bonds is 5. The molecule has 0 unspecified atom stereocenters. The molecule has 2 aromatic heterocycles. The van der Waals surface area contributed by atoms with Crippen LogP contribution in [0.5, 0.6) is 0 Å². The molecular weight excluding hydrogens is 400 g/mol. The first-order valence-electron chi connectivity index (χ1n) is 9.70. The molecule has 1 N–H and O–H groups in total. The molecule has 3 aromatic rings. The molecule has 0 radical (unpaired) electrons.